The van der Waals surface area contributed by atoms with E-state index in [2.05, 4.69) is 31.0 Å². The molecule has 0 aromatic heterocycles. The van der Waals surface area contributed by atoms with Crippen molar-refractivity contribution in [2.75, 3.05) is 32.8 Å². The van der Waals surface area contributed by atoms with Crippen molar-refractivity contribution in [2.24, 2.45) is 17.3 Å². The molecule has 1 N–H and O–H groups in total. The van der Waals surface area contributed by atoms with Crippen LogP contribution in [0.15, 0.2) is 0 Å². The largest absolute Gasteiger partial charge is 0.381 e. The lowest BCUT2D eigenvalue weighted by Crippen LogP contribution is -2.60. The highest BCUT2D eigenvalue weighted by Gasteiger charge is 2.40. The van der Waals surface area contributed by atoms with Crippen molar-refractivity contribution in [3.63, 3.8) is 0 Å². The van der Waals surface area contributed by atoms with Crippen molar-refractivity contribution >= 4 is 0 Å². The topological polar surface area (TPSA) is 24.5 Å². The molecule has 3 aliphatic rings. The van der Waals surface area contributed by atoms with Crippen LogP contribution in [0.4, 0.5) is 0 Å². The minimum Gasteiger partial charge on any atom is -0.381 e. The van der Waals surface area contributed by atoms with Gasteiger partial charge in [-0.05, 0) is 42.9 Å². The lowest BCUT2D eigenvalue weighted by Gasteiger charge is -2.47. The van der Waals surface area contributed by atoms with Gasteiger partial charge in [0.1, 0.15) is 0 Å². The first-order valence-electron chi connectivity index (χ1n) is 8.63. The summed E-state index contributed by atoms with van der Waals surface area (Å²) in [4.78, 5) is 2.81. The first-order chi connectivity index (χ1) is 9.57. The van der Waals surface area contributed by atoms with Gasteiger partial charge in [0.2, 0.25) is 0 Å². The van der Waals surface area contributed by atoms with Crippen molar-refractivity contribution in [1.82, 2.24) is 10.2 Å². The molecule has 2 aliphatic heterocycles. The Hall–Kier alpha value is -0.120. The van der Waals surface area contributed by atoms with Crippen molar-refractivity contribution in [3.8, 4) is 0 Å². The zero-order chi connectivity index (χ0) is 14.2. The number of rotatable bonds is 4. The number of piperazine rings is 1. The molecule has 1 aliphatic carbocycles. The molecule has 0 aromatic rings. The van der Waals surface area contributed by atoms with E-state index in [0.29, 0.717) is 11.5 Å². The van der Waals surface area contributed by atoms with Crippen molar-refractivity contribution in [2.45, 2.75) is 58.5 Å². The minimum absolute atomic E-state index is 0.469. The molecular formula is C17H32N2O. The van der Waals surface area contributed by atoms with Gasteiger partial charge in [0.15, 0.2) is 0 Å². The average molecular weight is 280 g/mol. The molecule has 2 heterocycles. The number of nitrogens with one attached hydrogen (secondary N) is 1. The quantitative estimate of drug-likeness (QED) is 0.856. The van der Waals surface area contributed by atoms with E-state index in [1.54, 1.807) is 0 Å². The summed E-state index contributed by atoms with van der Waals surface area (Å²) in [6, 6.07) is 1.47. The molecule has 0 radical (unpaired) electrons. The summed E-state index contributed by atoms with van der Waals surface area (Å²) in [6.45, 7) is 12.9. The summed E-state index contributed by atoms with van der Waals surface area (Å²) in [7, 11) is 0. The van der Waals surface area contributed by atoms with Crippen molar-refractivity contribution in [1.29, 1.82) is 0 Å². The van der Waals surface area contributed by atoms with E-state index in [0.717, 1.165) is 31.1 Å². The van der Waals surface area contributed by atoms with Gasteiger partial charge < -0.3 is 10.1 Å². The molecule has 20 heavy (non-hydrogen) atoms. The fraction of sp³-hybridized carbons (Fsp3) is 1.00. The molecule has 3 fully saturated rings. The Morgan fingerprint density at radius 2 is 1.95 bits per heavy atom. The summed E-state index contributed by atoms with van der Waals surface area (Å²) < 4.78 is 5.57. The smallest absolute Gasteiger partial charge is 0.0471 e. The van der Waals surface area contributed by atoms with E-state index in [1.165, 1.54) is 45.3 Å². The second-order valence-corrected chi connectivity index (χ2v) is 8.02. The fourth-order valence-electron chi connectivity index (χ4n) is 4.02. The average Bonchev–Trinajstić information content (AvgIpc) is 3.23. The van der Waals surface area contributed by atoms with Gasteiger partial charge in [-0.25, -0.2) is 0 Å². The summed E-state index contributed by atoms with van der Waals surface area (Å²) in [5, 5.41) is 3.83. The number of ether oxygens (including phenoxy) is 1. The van der Waals surface area contributed by atoms with E-state index in [4.69, 9.17) is 4.74 Å². The third-order valence-electron chi connectivity index (χ3n) is 5.73. The van der Waals surface area contributed by atoms with Crippen LogP contribution < -0.4 is 5.32 Å². The Morgan fingerprint density at radius 3 is 2.55 bits per heavy atom. The van der Waals surface area contributed by atoms with Crippen LogP contribution in [0, 0.1) is 17.3 Å². The van der Waals surface area contributed by atoms with Gasteiger partial charge in [0, 0.05) is 44.9 Å². The van der Waals surface area contributed by atoms with Gasteiger partial charge in [-0.3, -0.25) is 4.90 Å². The van der Waals surface area contributed by atoms with E-state index >= 15 is 0 Å². The molecule has 3 rings (SSSR count). The Morgan fingerprint density at radius 1 is 1.25 bits per heavy atom. The lowest BCUT2D eigenvalue weighted by atomic mass is 9.80. The Bertz CT molecular complexity index is 321. The molecule has 2 atom stereocenters. The molecule has 0 bridgehead atoms. The molecule has 2 saturated heterocycles. The molecule has 3 nitrogen and oxygen atoms in total. The third-order valence-corrected chi connectivity index (χ3v) is 5.73. The summed E-state index contributed by atoms with van der Waals surface area (Å²) >= 11 is 0. The van der Waals surface area contributed by atoms with Crippen LogP contribution in [-0.4, -0.2) is 49.8 Å². The van der Waals surface area contributed by atoms with E-state index < -0.39 is 0 Å². The molecular weight excluding hydrogens is 248 g/mol. The van der Waals surface area contributed by atoms with Gasteiger partial charge in [-0.2, -0.15) is 0 Å². The highest BCUT2D eigenvalue weighted by Crippen LogP contribution is 2.37. The first-order valence-corrected chi connectivity index (χ1v) is 8.63. The Balaban J connectivity index is 1.65. The Labute approximate surface area is 124 Å². The molecule has 1 saturated carbocycles. The van der Waals surface area contributed by atoms with Crippen LogP contribution in [0.2, 0.25) is 0 Å². The number of hydrogen-bond acceptors (Lipinski definition) is 3. The van der Waals surface area contributed by atoms with Crippen LogP contribution in [0.1, 0.15) is 46.5 Å². The first kappa shape index (κ1) is 14.8. The van der Waals surface area contributed by atoms with Crippen LogP contribution in [0.3, 0.4) is 0 Å². The van der Waals surface area contributed by atoms with Gasteiger partial charge in [0.05, 0.1) is 0 Å². The highest BCUT2D eigenvalue weighted by molar-refractivity contribution is 4.97. The SMILES string of the molecule is CC(C)C1CNC(C2CC2)CN1CC1(C)CCOCC1. The van der Waals surface area contributed by atoms with E-state index in [1.807, 2.05) is 0 Å². The second-order valence-electron chi connectivity index (χ2n) is 8.02. The monoisotopic (exact) mass is 280 g/mol. The number of hydrogen-bond donors (Lipinski definition) is 1. The maximum absolute atomic E-state index is 5.57. The van der Waals surface area contributed by atoms with Crippen LogP contribution >= 0.6 is 0 Å². The fourth-order valence-corrected chi connectivity index (χ4v) is 4.02. The van der Waals surface area contributed by atoms with Crippen molar-refractivity contribution in [3.05, 3.63) is 0 Å². The molecule has 0 spiro atoms. The lowest BCUT2D eigenvalue weighted by molar-refractivity contribution is -0.0177. The standard InChI is InChI=1S/C17H32N2O/c1-13(2)16-10-18-15(14-4-5-14)11-19(16)12-17(3)6-8-20-9-7-17/h13-16,18H,4-12H2,1-3H3. The van der Waals surface area contributed by atoms with Gasteiger partial charge >= 0.3 is 0 Å². The predicted molar refractivity (Wildman–Crippen MR) is 82.9 cm³/mol. The maximum atomic E-state index is 5.57. The van der Waals surface area contributed by atoms with Crippen LogP contribution in [-0.2, 0) is 4.74 Å². The van der Waals surface area contributed by atoms with E-state index in [-0.39, 0.29) is 0 Å². The summed E-state index contributed by atoms with van der Waals surface area (Å²) in [6.07, 6.45) is 5.36. The van der Waals surface area contributed by atoms with Crippen molar-refractivity contribution < 1.29 is 4.74 Å². The second kappa shape index (κ2) is 5.94. The summed E-state index contributed by atoms with van der Waals surface area (Å²) in [5.41, 5.74) is 0.469. The van der Waals surface area contributed by atoms with Gasteiger partial charge in [-0.15, -0.1) is 0 Å². The predicted octanol–water partition coefficient (Wildman–Crippen LogP) is 2.51. The normalized spacial score (nSPS) is 35.4. The highest BCUT2D eigenvalue weighted by atomic mass is 16.5. The zero-order valence-corrected chi connectivity index (χ0v) is 13.5. The third kappa shape index (κ3) is 3.37. The zero-order valence-electron chi connectivity index (χ0n) is 13.5. The number of nitrogens with zero attached hydrogens (tertiary/aromatic N) is 1. The maximum Gasteiger partial charge on any atom is 0.0471 e. The minimum atomic E-state index is 0.469. The van der Waals surface area contributed by atoms with Gasteiger partial charge in [0.25, 0.3) is 0 Å². The molecule has 116 valence electrons. The molecule has 0 amide bonds. The van der Waals surface area contributed by atoms with Crippen LogP contribution in [0.5, 0.6) is 0 Å². The molecule has 0 aromatic carbocycles. The van der Waals surface area contributed by atoms with Crippen LogP contribution in [0.25, 0.3) is 0 Å². The van der Waals surface area contributed by atoms with Gasteiger partial charge in [-0.1, -0.05) is 20.8 Å². The molecule has 2 unspecified atom stereocenters. The molecule has 3 heteroatoms. The van der Waals surface area contributed by atoms with E-state index in [9.17, 15) is 0 Å². The Kier molecular flexibility index (Phi) is 4.40. The summed E-state index contributed by atoms with van der Waals surface area (Å²) in [5.74, 6) is 1.71.